The summed E-state index contributed by atoms with van der Waals surface area (Å²) in [6.07, 6.45) is 1.88. The number of thioether (sulfide) groups is 1. The van der Waals surface area contributed by atoms with Gasteiger partial charge in [0.1, 0.15) is 0 Å². The topological polar surface area (TPSA) is 69.4 Å². The number of anilines is 1. The number of rotatable bonds is 5. The summed E-state index contributed by atoms with van der Waals surface area (Å²) in [6, 6.07) is 21.6. The Balaban J connectivity index is 1.49. The van der Waals surface area contributed by atoms with Crippen molar-refractivity contribution in [3.05, 3.63) is 88.3 Å². The smallest absolute Gasteiger partial charge is 0.264 e. The highest BCUT2D eigenvalue weighted by atomic mass is 32.2. The molecular weight excluding hydrogens is 430 g/mol. The van der Waals surface area contributed by atoms with Crippen LogP contribution in [0.3, 0.4) is 0 Å². The number of aryl methyl sites for hydroxylation is 2. The number of amides is 1. The molecule has 0 unspecified atom stereocenters. The molecule has 7 heteroatoms. The second kappa shape index (κ2) is 9.83. The van der Waals surface area contributed by atoms with Gasteiger partial charge in [-0.15, -0.1) is 0 Å². The van der Waals surface area contributed by atoms with Crippen molar-refractivity contribution >= 4 is 51.7 Å². The minimum Gasteiger partial charge on any atom is -0.378 e. The van der Waals surface area contributed by atoms with Gasteiger partial charge in [0, 0.05) is 19.8 Å². The number of benzene rings is 3. The number of aliphatic imine (C=N–C) groups is 1. The van der Waals surface area contributed by atoms with Gasteiger partial charge in [-0.05, 0) is 84.8 Å². The molecule has 0 aromatic heterocycles. The van der Waals surface area contributed by atoms with Crippen molar-refractivity contribution in [3.63, 3.8) is 0 Å². The van der Waals surface area contributed by atoms with E-state index in [1.807, 2.05) is 106 Å². The van der Waals surface area contributed by atoms with Gasteiger partial charge in [0.25, 0.3) is 5.91 Å². The second-order valence-electron chi connectivity index (χ2n) is 7.92. The number of nitrogens with zero attached hydrogens (tertiary/aromatic N) is 4. The summed E-state index contributed by atoms with van der Waals surface area (Å²) in [5.74, 6) is -0.142. The number of nitrogens with one attached hydrogen (secondary N) is 1. The number of carbonyl (C=O) groups is 1. The second-order valence-corrected chi connectivity index (χ2v) is 8.96. The Bertz CT molecular complexity index is 1280. The highest BCUT2D eigenvalue weighted by molar-refractivity contribution is 8.18. The van der Waals surface area contributed by atoms with Crippen molar-refractivity contribution in [2.75, 3.05) is 19.0 Å². The Morgan fingerprint density at radius 1 is 0.879 bits per heavy atom. The zero-order valence-corrected chi connectivity index (χ0v) is 19.9. The molecule has 4 rings (SSSR count). The van der Waals surface area contributed by atoms with E-state index in [9.17, 15) is 4.79 Å². The van der Waals surface area contributed by atoms with Crippen LogP contribution in [-0.4, -0.2) is 25.2 Å². The van der Waals surface area contributed by atoms with Crippen molar-refractivity contribution in [1.82, 2.24) is 5.32 Å². The molecule has 0 bridgehead atoms. The van der Waals surface area contributed by atoms with E-state index in [0.29, 0.717) is 10.1 Å². The summed E-state index contributed by atoms with van der Waals surface area (Å²) in [6.45, 7) is 3.98. The summed E-state index contributed by atoms with van der Waals surface area (Å²) in [7, 11) is 4.00. The van der Waals surface area contributed by atoms with Gasteiger partial charge in [0.15, 0.2) is 5.17 Å². The first-order chi connectivity index (χ1) is 15.9. The molecule has 0 radical (unpaired) electrons. The fourth-order valence-corrected chi connectivity index (χ4v) is 4.06. The van der Waals surface area contributed by atoms with Crippen LogP contribution in [0.2, 0.25) is 0 Å². The molecule has 0 aliphatic carbocycles. The van der Waals surface area contributed by atoms with Gasteiger partial charge in [-0.3, -0.25) is 4.79 Å². The molecule has 166 valence electrons. The zero-order chi connectivity index (χ0) is 23.4. The first kappa shape index (κ1) is 22.5. The Labute approximate surface area is 198 Å². The summed E-state index contributed by atoms with van der Waals surface area (Å²) in [5.41, 5.74) is 6.50. The summed E-state index contributed by atoms with van der Waals surface area (Å²) in [4.78, 5) is 19.7. The van der Waals surface area contributed by atoms with Crippen molar-refractivity contribution in [2.45, 2.75) is 13.8 Å². The van der Waals surface area contributed by atoms with Crippen LogP contribution in [-0.2, 0) is 4.79 Å². The van der Waals surface area contributed by atoms with E-state index in [4.69, 9.17) is 0 Å². The monoisotopic (exact) mass is 455 g/mol. The van der Waals surface area contributed by atoms with Crippen molar-refractivity contribution < 1.29 is 4.79 Å². The molecule has 1 heterocycles. The molecule has 0 saturated carbocycles. The Hall–Kier alpha value is -3.71. The largest absolute Gasteiger partial charge is 0.378 e. The van der Waals surface area contributed by atoms with Crippen LogP contribution in [0.1, 0.15) is 16.7 Å². The average molecular weight is 456 g/mol. The lowest BCUT2D eigenvalue weighted by Crippen LogP contribution is -2.19. The Kier molecular flexibility index (Phi) is 6.70. The van der Waals surface area contributed by atoms with Crippen LogP contribution in [0.5, 0.6) is 0 Å². The molecule has 0 atom stereocenters. The lowest BCUT2D eigenvalue weighted by Gasteiger charge is -2.11. The molecule has 1 aliphatic rings. The lowest BCUT2D eigenvalue weighted by atomic mass is 10.2. The molecule has 1 saturated heterocycles. The quantitative estimate of drug-likeness (QED) is 0.345. The van der Waals surface area contributed by atoms with Gasteiger partial charge in [0.2, 0.25) is 0 Å². The first-order valence-corrected chi connectivity index (χ1v) is 11.4. The molecule has 6 nitrogen and oxygen atoms in total. The highest BCUT2D eigenvalue weighted by Gasteiger charge is 2.24. The van der Waals surface area contributed by atoms with Crippen molar-refractivity contribution in [1.29, 1.82) is 0 Å². The molecule has 3 aromatic carbocycles. The fraction of sp³-hybridized carbons (Fsp3) is 0.154. The van der Waals surface area contributed by atoms with Gasteiger partial charge in [0.05, 0.1) is 22.0 Å². The van der Waals surface area contributed by atoms with Gasteiger partial charge >= 0.3 is 0 Å². The van der Waals surface area contributed by atoms with E-state index in [1.165, 1.54) is 11.8 Å². The lowest BCUT2D eigenvalue weighted by molar-refractivity contribution is -0.115. The van der Waals surface area contributed by atoms with Gasteiger partial charge in [-0.2, -0.15) is 10.2 Å². The molecule has 3 aromatic rings. The Morgan fingerprint density at radius 3 is 2.33 bits per heavy atom. The zero-order valence-electron chi connectivity index (χ0n) is 19.0. The highest BCUT2D eigenvalue weighted by Crippen LogP contribution is 2.31. The molecule has 1 amide bonds. The van der Waals surface area contributed by atoms with Crippen LogP contribution in [0.15, 0.2) is 86.9 Å². The predicted octanol–water partition coefficient (Wildman–Crippen LogP) is 6.68. The van der Waals surface area contributed by atoms with Crippen LogP contribution < -0.4 is 10.2 Å². The van der Waals surface area contributed by atoms with E-state index >= 15 is 0 Å². The normalized spacial score (nSPS) is 16.1. The van der Waals surface area contributed by atoms with E-state index in [1.54, 1.807) is 0 Å². The number of hydrogen-bond donors (Lipinski definition) is 1. The summed E-state index contributed by atoms with van der Waals surface area (Å²) < 4.78 is 0. The minimum atomic E-state index is -0.142. The third-order valence-corrected chi connectivity index (χ3v) is 6.06. The van der Waals surface area contributed by atoms with E-state index < -0.39 is 0 Å². The first-order valence-electron chi connectivity index (χ1n) is 10.5. The van der Waals surface area contributed by atoms with Crippen molar-refractivity contribution in [3.8, 4) is 0 Å². The van der Waals surface area contributed by atoms with Crippen LogP contribution in [0.4, 0.5) is 22.7 Å². The summed E-state index contributed by atoms with van der Waals surface area (Å²) in [5, 5.41) is 12.1. The molecule has 1 aliphatic heterocycles. The van der Waals surface area contributed by atoms with Crippen LogP contribution in [0, 0.1) is 13.8 Å². The van der Waals surface area contributed by atoms with Crippen LogP contribution >= 0.6 is 11.8 Å². The molecule has 33 heavy (non-hydrogen) atoms. The van der Waals surface area contributed by atoms with E-state index in [0.717, 1.165) is 39.4 Å². The number of hydrogen-bond acceptors (Lipinski definition) is 6. The average Bonchev–Trinajstić information content (AvgIpc) is 3.14. The third-order valence-electron chi connectivity index (χ3n) is 5.15. The minimum absolute atomic E-state index is 0.142. The van der Waals surface area contributed by atoms with Gasteiger partial charge < -0.3 is 10.2 Å². The van der Waals surface area contributed by atoms with E-state index in [-0.39, 0.29) is 5.91 Å². The maximum absolute atomic E-state index is 12.4. The number of carbonyl (C=O) groups excluding carboxylic acids is 1. The Morgan fingerprint density at radius 2 is 1.64 bits per heavy atom. The van der Waals surface area contributed by atoms with Gasteiger partial charge in [-0.25, -0.2) is 4.99 Å². The molecular formula is C26H25N5OS. The van der Waals surface area contributed by atoms with Gasteiger partial charge in [-0.1, -0.05) is 30.3 Å². The van der Waals surface area contributed by atoms with Crippen molar-refractivity contribution in [2.24, 2.45) is 15.2 Å². The van der Waals surface area contributed by atoms with E-state index in [2.05, 4.69) is 20.5 Å². The number of amidine groups is 1. The molecule has 1 fully saturated rings. The summed E-state index contributed by atoms with van der Waals surface area (Å²) >= 11 is 1.34. The fourth-order valence-electron chi connectivity index (χ4n) is 3.22. The third kappa shape index (κ3) is 5.56. The number of azo groups is 1. The predicted molar refractivity (Wildman–Crippen MR) is 138 cm³/mol. The maximum Gasteiger partial charge on any atom is 0.264 e. The SMILES string of the molecule is Cc1ccccc1N=Nc1ccc(N=C2NC(=O)/C(=C/c3ccc(N(C)C)cc3)S2)c(C)c1. The molecule has 0 spiro atoms. The maximum atomic E-state index is 12.4. The standard InChI is InChI=1S/C26H25N5OS/c1-17-7-5-6-8-23(17)30-29-20-11-14-22(18(2)15-20)27-26-28-25(32)24(33-26)16-19-9-12-21(13-10-19)31(3)4/h5-16H,1-4H3,(H,27,28,32)/b24-16-,30-29?. The molecule has 1 N–H and O–H groups in total. The van der Waals surface area contributed by atoms with Crippen LogP contribution in [0.25, 0.3) is 6.08 Å².